The van der Waals surface area contributed by atoms with Gasteiger partial charge in [0.15, 0.2) is 0 Å². The Morgan fingerprint density at radius 1 is 0.739 bits per heavy atom. The summed E-state index contributed by atoms with van der Waals surface area (Å²) in [6, 6.07) is 19.7. The van der Waals surface area contributed by atoms with Gasteiger partial charge in [-0.15, -0.1) is 0 Å². The van der Waals surface area contributed by atoms with Gasteiger partial charge in [0.25, 0.3) is 0 Å². The first kappa shape index (κ1) is 15.4. The van der Waals surface area contributed by atoms with Crippen LogP contribution in [0.5, 0.6) is 11.5 Å². The predicted molar refractivity (Wildman–Crippen MR) is 92.1 cm³/mol. The summed E-state index contributed by atoms with van der Waals surface area (Å²) < 4.78 is 23.4. The summed E-state index contributed by atoms with van der Waals surface area (Å²) in [5.74, 6) is 1.75. The molecule has 23 heavy (non-hydrogen) atoms. The van der Waals surface area contributed by atoms with Crippen LogP contribution in [-0.2, 0) is 9.05 Å². The third-order valence-electron chi connectivity index (χ3n) is 3.88. The second-order valence-corrected chi connectivity index (χ2v) is 8.80. The second kappa shape index (κ2) is 6.75. The highest BCUT2D eigenvalue weighted by Gasteiger charge is 2.50. The van der Waals surface area contributed by atoms with E-state index in [9.17, 15) is 0 Å². The molecular weight excluding hydrogens is 330 g/mol. The van der Waals surface area contributed by atoms with Crippen LogP contribution in [-0.4, -0.2) is 25.5 Å². The van der Waals surface area contributed by atoms with Gasteiger partial charge in [-0.25, -0.2) is 0 Å². The monoisotopic (exact) mass is 348 g/mol. The quantitative estimate of drug-likeness (QED) is 0.743. The summed E-state index contributed by atoms with van der Waals surface area (Å²) in [6.07, 6.45) is 2.07. The Labute approximate surface area is 138 Å². The van der Waals surface area contributed by atoms with Crippen LogP contribution in [0, 0.1) is 5.41 Å². The minimum atomic E-state index is -1.27. The van der Waals surface area contributed by atoms with Crippen molar-refractivity contribution in [2.75, 3.05) is 25.5 Å². The van der Waals surface area contributed by atoms with E-state index in [2.05, 4.69) is 0 Å². The third-order valence-corrected chi connectivity index (χ3v) is 7.43. The number of hydrogen-bond acceptors (Lipinski definition) is 4. The predicted octanol–water partition coefficient (Wildman–Crippen LogP) is 4.82. The van der Waals surface area contributed by atoms with Crippen molar-refractivity contribution in [1.82, 2.24) is 0 Å². The van der Waals surface area contributed by atoms with Crippen molar-refractivity contribution < 1.29 is 18.1 Å². The van der Waals surface area contributed by atoms with E-state index < -0.39 is 16.8 Å². The zero-order valence-corrected chi connectivity index (χ0v) is 14.4. The highest BCUT2D eigenvalue weighted by molar-refractivity contribution is 7.54. The van der Waals surface area contributed by atoms with Crippen LogP contribution < -0.4 is 9.05 Å². The van der Waals surface area contributed by atoms with Gasteiger partial charge in [0.1, 0.15) is 11.5 Å². The molecule has 0 amide bonds. The fourth-order valence-corrected chi connectivity index (χ4v) is 6.21. The molecule has 6 heteroatoms. The van der Waals surface area contributed by atoms with Crippen LogP contribution in [0.15, 0.2) is 60.7 Å². The summed E-state index contributed by atoms with van der Waals surface area (Å²) in [7, 11) is -1.68. The topological polar surface area (TPSA) is 36.9 Å². The molecular formula is C17H18O4P2. The van der Waals surface area contributed by atoms with Crippen LogP contribution in [0.2, 0.25) is 0 Å². The van der Waals surface area contributed by atoms with Gasteiger partial charge in [0, 0.05) is 17.7 Å². The molecule has 2 aromatic rings. The van der Waals surface area contributed by atoms with Crippen molar-refractivity contribution in [3.8, 4) is 11.5 Å². The Hall–Kier alpha value is -1.18. The van der Waals surface area contributed by atoms with Gasteiger partial charge in [0.2, 0.25) is 0 Å². The lowest BCUT2D eigenvalue weighted by Gasteiger charge is -2.48. The zero-order valence-electron chi connectivity index (χ0n) is 12.6. The van der Waals surface area contributed by atoms with Gasteiger partial charge in [-0.2, -0.15) is 0 Å². The van der Waals surface area contributed by atoms with Crippen LogP contribution in [0.1, 0.15) is 0 Å². The summed E-state index contributed by atoms with van der Waals surface area (Å²) in [5, 5.41) is 0. The summed E-state index contributed by atoms with van der Waals surface area (Å²) in [6.45, 7) is 1.39. The molecule has 1 spiro atoms. The Balaban J connectivity index is 1.25. The van der Waals surface area contributed by atoms with E-state index in [1.165, 1.54) is 0 Å². The van der Waals surface area contributed by atoms with Crippen molar-refractivity contribution >= 4 is 16.8 Å². The molecule has 0 aromatic heterocycles. The highest BCUT2D eigenvalue weighted by Crippen LogP contribution is 2.61. The van der Waals surface area contributed by atoms with Crippen LogP contribution in [0.3, 0.4) is 0 Å². The molecule has 2 fully saturated rings. The summed E-state index contributed by atoms with van der Waals surface area (Å²) >= 11 is 0. The molecule has 0 aliphatic carbocycles. The minimum Gasteiger partial charge on any atom is -0.474 e. The van der Waals surface area contributed by atoms with Gasteiger partial charge in [-0.05, 0) is 24.3 Å². The SMILES string of the molecule is c1ccc(OP2CC3(COP(Oc4ccccc4)OC3)C2)cc1. The standard InChI is InChI=1S/C17H18O4P2/c1-3-7-15(8-4-1)20-22-13-17(14-22)11-18-23(19-12-17)21-16-9-5-2-6-10-16/h1-10H,11-14H2. The zero-order chi connectivity index (χ0) is 15.5. The molecule has 4 nitrogen and oxygen atoms in total. The molecule has 2 aliphatic heterocycles. The van der Waals surface area contributed by atoms with E-state index in [0.29, 0.717) is 13.2 Å². The molecule has 0 unspecified atom stereocenters. The van der Waals surface area contributed by atoms with Crippen molar-refractivity contribution in [3.05, 3.63) is 60.7 Å². The van der Waals surface area contributed by atoms with Crippen molar-refractivity contribution in [2.45, 2.75) is 0 Å². The largest absolute Gasteiger partial charge is 0.474 e. The number of rotatable bonds is 4. The molecule has 0 saturated carbocycles. The van der Waals surface area contributed by atoms with Gasteiger partial charge in [-0.1, -0.05) is 36.4 Å². The van der Waals surface area contributed by atoms with Crippen molar-refractivity contribution in [3.63, 3.8) is 0 Å². The third kappa shape index (κ3) is 3.67. The van der Waals surface area contributed by atoms with E-state index in [1.807, 2.05) is 60.7 Å². The average molecular weight is 348 g/mol. The molecule has 0 atom stereocenters. The Morgan fingerprint density at radius 3 is 1.83 bits per heavy atom. The lowest BCUT2D eigenvalue weighted by molar-refractivity contribution is 0.0364. The first-order chi connectivity index (χ1) is 11.3. The molecule has 0 bridgehead atoms. The maximum absolute atomic E-state index is 6.03. The molecule has 2 aromatic carbocycles. The Bertz CT molecular complexity index is 622. The molecule has 4 rings (SSSR count). The van der Waals surface area contributed by atoms with E-state index in [0.717, 1.165) is 23.8 Å². The maximum atomic E-state index is 6.03. The van der Waals surface area contributed by atoms with Gasteiger partial charge in [0.05, 0.1) is 21.4 Å². The van der Waals surface area contributed by atoms with Gasteiger partial charge in [-0.3, -0.25) is 0 Å². The van der Waals surface area contributed by atoms with E-state index in [1.54, 1.807) is 0 Å². The van der Waals surface area contributed by atoms with Crippen molar-refractivity contribution in [1.29, 1.82) is 0 Å². The normalized spacial score (nSPS) is 29.7. The van der Waals surface area contributed by atoms with Gasteiger partial charge >= 0.3 is 8.60 Å². The number of hydrogen-bond donors (Lipinski definition) is 0. The van der Waals surface area contributed by atoms with E-state index in [-0.39, 0.29) is 5.41 Å². The Morgan fingerprint density at radius 2 is 1.26 bits per heavy atom. The second-order valence-electron chi connectivity index (χ2n) is 5.88. The fourth-order valence-electron chi connectivity index (χ4n) is 2.66. The summed E-state index contributed by atoms with van der Waals surface area (Å²) in [5.41, 5.74) is 0.124. The van der Waals surface area contributed by atoms with E-state index >= 15 is 0 Å². The lowest BCUT2D eigenvalue weighted by atomic mass is 9.95. The first-order valence-corrected chi connectivity index (χ1v) is 10.3. The Kier molecular flexibility index (Phi) is 4.50. The summed E-state index contributed by atoms with van der Waals surface area (Å²) in [4.78, 5) is 0. The number of benzene rings is 2. The average Bonchev–Trinajstić information content (AvgIpc) is 2.57. The molecule has 2 saturated heterocycles. The fraction of sp³-hybridized carbons (Fsp3) is 0.294. The smallest absolute Gasteiger partial charge is 0.397 e. The van der Waals surface area contributed by atoms with Crippen molar-refractivity contribution in [2.24, 2.45) is 5.41 Å². The molecule has 2 heterocycles. The maximum Gasteiger partial charge on any atom is 0.397 e. The minimum absolute atomic E-state index is 0.124. The molecule has 120 valence electrons. The molecule has 0 N–H and O–H groups in total. The van der Waals surface area contributed by atoms with Gasteiger partial charge < -0.3 is 18.1 Å². The first-order valence-electron chi connectivity index (χ1n) is 7.58. The van der Waals surface area contributed by atoms with Crippen LogP contribution >= 0.6 is 16.8 Å². The molecule has 2 aliphatic rings. The highest BCUT2D eigenvalue weighted by atomic mass is 31.2. The number of para-hydroxylation sites is 2. The molecule has 0 radical (unpaired) electrons. The van der Waals surface area contributed by atoms with Crippen LogP contribution in [0.4, 0.5) is 0 Å². The van der Waals surface area contributed by atoms with Crippen LogP contribution in [0.25, 0.3) is 0 Å². The lowest BCUT2D eigenvalue weighted by Crippen LogP contribution is -2.48. The van der Waals surface area contributed by atoms with E-state index in [4.69, 9.17) is 18.1 Å².